The maximum atomic E-state index is 15.0. The number of anilines is 2. The number of hydrogen-bond acceptors (Lipinski definition) is 6. The molecule has 6 nitrogen and oxygen atoms in total. The van der Waals surface area contributed by atoms with Crippen LogP contribution in [-0.2, 0) is 9.09 Å². The quantitative estimate of drug-likeness (QED) is 0.331. The molecule has 34 heavy (non-hydrogen) atoms. The van der Waals surface area contributed by atoms with Gasteiger partial charge in [0.2, 0.25) is 0 Å². The van der Waals surface area contributed by atoms with Crippen molar-refractivity contribution in [2.75, 3.05) is 45.1 Å². The lowest BCUT2D eigenvalue weighted by molar-refractivity contribution is 0.272. The van der Waals surface area contributed by atoms with Crippen molar-refractivity contribution in [2.45, 2.75) is 19.6 Å². The van der Waals surface area contributed by atoms with E-state index < -0.39 is 13.2 Å². The number of para-hydroxylation sites is 1. The van der Waals surface area contributed by atoms with Gasteiger partial charge in [0.25, 0.3) is 7.37 Å². The van der Waals surface area contributed by atoms with E-state index in [1.165, 1.54) is 0 Å². The van der Waals surface area contributed by atoms with Crippen LogP contribution < -0.4 is 25.0 Å². The maximum Gasteiger partial charge on any atom is 0.258 e. The summed E-state index contributed by atoms with van der Waals surface area (Å²) >= 11 is 0. The molecule has 0 heterocycles. The minimum absolute atomic E-state index is 0.207. The van der Waals surface area contributed by atoms with Crippen molar-refractivity contribution in [2.24, 2.45) is 5.92 Å². The predicted molar refractivity (Wildman–Crippen MR) is 141 cm³/mol. The molecule has 3 aromatic carbocycles. The predicted octanol–water partition coefficient (Wildman–Crippen LogP) is 6.16. The fourth-order valence-corrected chi connectivity index (χ4v) is 6.18. The van der Waals surface area contributed by atoms with E-state index >= 15 is 0 Å². The second-order valence-corrected chi connectivity index (χ2v) is 11.2. The molecule has 0 aliphatic carbocycles. The summed E-state index contributed by atoms with van der Waals surface area (Å²) in [6.07, 6.45) is 0. The van der Waals surface area contributed by atoms with E-state index in [0.29, 0.717) is 29.0 Å². The van der Waals surface area contributed by atoms with Crippen LogP contribution in [0, 0.1) is 5.92 Å². The molecule has 0 saturated carbocycles. The van der Waals surface area contributed by atoms with Crippen molar-refractivity contribution in [3.63, 3.8) is 0 Å². The number of hydrogen-bond donors (Lipinski definition) is 1. The van der Waals surface area contributed by atoms with E-state index in [-0.39, 0.29) is 5.92 Å². The average Bonchev–Trinajstić information content (AvgIpc) is 2.86. The molecule has 2 atom stereocenters. The third-order valence-electron chi connectivity index (χ3n) is 5.47. The standard InChI is InChI=1S/C27H35N2O4P/c1-20(2)19-33-34(30,24-15-12-22(13-16-24)29(3)4)27(28-21-10-8-7-9-11-21)25-18-23(31-5)14-17-26(25)32-6/h7-18,20,27-28H,19H2,1-6H3/t27-,34-/m0/s1. The highest BCUT2D eigenvalue weighted by atomic mass is 31.2. The van der Waals surface area contributed by atoms with Gasteiger partial charge < -0.3 is 24.2 Å². The number of ether oxygens (including phenoxy) is 2. The third-order valence-corrected chi connectivity index (χ3v) is 8.11. The van der Waals surface area contributed by atoms with Gasteiger partial charge in [-0.25, -0.2) is 0 Å². The first kappa shape index (κ1) is 25.7. The summed E-state index contributed by atoms with van der Waals surface area (Å²) in [7, 11) is 3.66. The van der Waals surface area contributed by atoms with E-state index in [0.717, 1.165) is 11.4 Å². The van der Waals surface area contributed by atoms with E-state index in [4.69, 9.17) is 14.0 Å². The van der Waals surface area contributed by atoms with Crippen molar-refractivity contribution in [1.29, 1.82) is 0 Å². The van der Waals surface area contributed by atoms with Gasteiger partial charge in [-0.3, -0.25) is 4.57 Å². The first-order valence-electron chi connectivity index (χ1n) is 11.3. The Kier molecular flexibility index (Phi) is 8.65. The highest BCUT2D eigenvalue weighted by molar-refractivity contribution is 7.67. The van der Waals surface area contributed by atoms with E-state index in [1.807, 2.05) is 106 Å². The molecule has 0 spiro atoms. The summed E-state index contributed by atoms with van der Waals surface area (Å²) < 4.78 is 32.5. The lowest BCUT2D eigenvalue weighted by Gasteiger charge is -2.31. The first-order valence-corrected chi connectivity index (χ1v) is 13.0. The molecule has 0 amide bonds. The van der Waals surface area contributed by atoms with Gasteiger partial charge in [0.1, 0.15) is 17.3 Å². The van der Waals surface area contributed by atoms with Crippen molar-refractivity contribution in [1.82, 2.24) is 0 Å². The molecular formula is C27H35N2O4P. The van der Waals surface area contributed by atoms with Crippen LogP contribution in [0.2, 0.25) is 0 Å². The molecule has 0 bridgehead atoms. The second kappa shape index (κ2) is 11.5. The zero-order chi connectivity index (χ0) is 24.7. The van der Waals surface area contributed by atoms with Crippen LogP contribution in [0.4, 0.5) is 11.4 Å². The van der Waals surface area contributed by atoms with Gasteiger partial charge in [0.05, 0.1) is 20.8 Å². The Morgan fingerprint density at radius 1 is 0.912 bits per heavy atom. The van der Waals surface area contributed by atoms with Gasteiger partial charge >= 0.3 is 0 Å². The average molecular weight is 483 g/mol. The van der Waals surface area contributed by atoms with Crippen LogP contribution in [0.1, 0.15) is 25.2 Å². The van der Waals surface area contributed by atoms with E-state index in [1.54, 1.807) is 14.2 Å². The molecule has 182 valence electrons. The Hall–Kier alpha value is -2.95. The molecule has 3 rings (SSSR count). The molecule has 0 radical (unpaired) electrons. The minimum atomic E-state index is -3.51. The van der Waals surface area contributed by atoms with Gasteiger partial charge in [-0.2, -0.15) is 0 Å². The highest BCUT2D eigenvalue weighted by Gasteiger charge is 2.40. The lowest BCUT2D eigenvalue weighted by atomic mass is 10.1. The fraction of sp³-hybridized carbons (Fsp3) is 0.333. The van der Waals surface area contributed by atoms with Crippen LogP contribution in [0.15, 0.2) is 72.8 Å². The zero-order valence-corrected chi connectivity index (χ0v) is 21.7. The smallest absolute Gasteiger partial charge is 0.258 e. The zero-order valence-electron chi connectivity index (χ0n) is 20.8. The molecule has 0 aliphatic heterocycles. The van der Waals surface area contributed by atoms with Gasteiger partial charge in [-0.05, 0) is 60.5 Å². The summed E-state index contributed by atoms with van der Waals surface area (Å²) in [6, 6.07) is 22.9. The largest absolute Gasteiger partial charge is 0.497 e. The van der Waals surface area contributed by atoms with Crippen LogP contribution in [0.25, 0.3) is 0 Å². The van der Waals surface area contributed by atoms with Gasteiger partial charge in [0, 0.05) is 36.3 Å². The second-order valence-electron chi connectivity index (χ2n) is 8.72. The topological polar surface area (TPSA) is 60.0 Å². The molecule has 1 N–H and O–H groups in total. The number of methoxy groups -OCH3 is 2. The molecule has 0 saturated heterocycles. The van der Waals surface area contributed by atoms with Crippen LogP contribution in [0.3, 0.4) is 0 Å². The SMILES string of the molecule is COc1ccc(OC)c([C@@H](Nc2ccccc2)[P@@](=O)(OCC(C)C)c2ccc(N(C)C)cc2)c1. The van der Waals surface area contributed by atoms with Crippen molar-refractivity contribution < 1.29 is 18.6 Å². The lowest BCUT2D eigenvalue weighted by Crippen LogP contribution is -2.22. The molecule has 7 heteroatoms. The molecule has 0 fully saturated rings. The molecule has 0 aliphatic rings. The number of benzene rings is 3. The Bertz CT molecular complexity index is 1100. The maximum absolute atomic E-state index is 15.0. The summed E-state index contributed by atoms with van der Waals surface area (Å²) in [5.41, 5.74) is 2.55. The summed E-state index contributed by atoms with van der Waals surface area (Å²) in [5, 5.41) is 4.12. The van der Waals surface area contributed by atoms with Gasteiger partial charge in [-0.1, -0.05) is 32.0 Å². The molecular weight excluding hydrogens is 447 g/mol. The monoisotopic (exact) mass is 482 g/mol. The Balaban J connectivity index is 2.22. The highest BCUT2D eigenvalue weighted by Crippen LogP contribution is 2.61. The Morgan fingerprint density at radius 3 is 2.15 bits per heavy atom. The normalized spacial score (nSPS) is 13.7. The Morgan fingerprint density at radius 2 is 1.59 bits per heavy atom. The Labute approximate surface area is 203 Å². The fourth-order valence-electron chi connectivity index (χ4n) is 3.61. The molecule has 0 aromatic heterocycles. The van der Waals surface area contributed by atoms with Crippen LogP contribution >= 0.6 is 7.37 Å². The summed E-state index contributed by atoms with van der Waals surface area (Å²) in [5.74, 6) is 0.754. The van der Waals surface area contributed by atoms with Crippen molar-refractivity contribution >= 4 is 24.0 Å². The molecule has 0 unspecified atom stereocenters. The van der Waals surface area contributed by atoms with Crippen LogP contribution in [0.5, 0.6) is 11.5 Å². The van der Waals surface area contributed by atoms with E-state index in [9.17, 15) is 4.57 Å². The third kappa shape index (κ3) is 5.94. The van der Waals surface area contributed by atoms with Crippen LogP contribution in [-0.4, -0.2) is 34.9 Å². The van der Waals surface area contributed by atoms with Crippen molar-refractivity contribution in [3.05, 3.63) is 78.4 Å². The minimum Gasteiger partial charge on any atom is -0.497 e. The van der Waals surface area contributed by atoms with Crippen molar-refractivity contribution in [3.8, 4) is 11.5 Å². The number of rotatable bonds is 11. The van der Waals surface area contributed by atoms with E-state index in [2.05, 4.69) is 5.32 Å². The molecule has 3 aromatic rings. The summed E-state index contributed by atoms with van der Waals surface area (Å²) in [4.78, 5) is 2.01. The summed E-state index contributed by atoms with van der Waals surface area (Å²) in [6.45, 7) is 4.45. The van der Waals surface area contributed by atoms with Gasteiger partial charge in [0.15, 0.2) is 0 Å². The first-order chi connectivity index (χ1) is 16.3. The van der Waals surface area contributed by atoms with Gasteiger partial charge in [-0.15, -0.1) is 0 Å². The number of nitrogens with one attached hydrogen (secondary N) is 1. The number of nitrogens with zero attached hydrogens (tertiary/aromatic N) is 1.